The highest BCUT2D eigenvalue weighted by atomic mass is 16.4. The van der Waals surface area contributed by atoms with Crippen LogP contribution in [0.1, 0.15) is 137 Å². The van der Waals surface area contributed by atoms with Crippen molar-refractivity contribution in [1.82, 2.24) is 5.32 Å². The number of aliphatic carboxylic acids is 2. The Labute approximate surface area is 243 Å². The van der Waals surface area contributed by atoms with Gasteiger partial charge in [-0.3, -0.25) is 19.2 Å². The van der Waals surface area contributed by atoms with Crippen LogP contribution in [0.3, 0.4) is 0 Å². The lowest BCUT2D eigenvalue weighted by Crippen LogP contribution is -2.25. The molecule has 10 nitrogen and oxygen atoms in total. The number of amides is 2. The molecule has 1 unspecified atom stereocenters. The first-order chi connectivity index (χ1) is 19.6. The van der Waals surface area contributed by atoms with Crippen LogP contribution in [0.15, 0.2) is 18.2 Å². The zero-order chi connectivity index (χ0) is 30.5. The van der Waals surface area contributed by atoms with Crippen LogP contribution in [-0.2, 0) is 14.4 Å². The van der Waals surface area contributed by atoms with Crippen LogP contribution in [-0.4, -0.2) is 51.6 Å². The number of nitrogens with one attached hydrogen (secondary N) is 2. The van der Waals surface area contributed by atoms with E-state index in [9.17, 15) is 29.1 Å². The molecule has 0 heterocycles. The molecule has 0 bridgehead atoms. The van der Waals surface area contributed by atoms with Gasteiger partial charge in [0, 0.05) is 24.9 Å². The van der Waals surface area contributed by atoms with Gasteiger partial charge in [0.1, 0.15) is 0 Å². The lowest BCUT2D eigenvalue weighted by molar-refractivity contribution is -0.141. The summed E-state index contributed by atoms with van der Waals surface area (Å²) >= 11 is 0. The van der Waals surface area contributed by atoms with Gasteiger partial charge in [0.2, 0.25) is 5.91 Å². The number of carbonyl (C=O) groups is 5. The molecule has 230 valence electrons. The van der Waals surface area contributed by atoms with Crippen molar-refractivity contribution in [2.24, 2.45) is 5.92 Å². The minimum Gasteiger partial charge on any atom is -0.481 e. The lowest BCUT2D eigenvalue weighted by atomic mass is 10.0. The molecule has 10 heteroatoms. The van der Waals surface area contributed by atoms with Gasteiger partial charge in [-0.15, -0.1) is 0 Å². The van der Waals surface area contributed by atoms with Crippen molar-refractivity contribution in [2.75, 3.05) is 11.9 Å². The number of anilines is 1. The normalized spacial score (nSPS) is 11.5. The second-order valence-corrected chi connectivity index (χ2v) is 10.7. The fourth-order valence-corrected chi connectivity index (χ4v) is 4.52. The Morgan fingerprint density at radius 1 is 0.707 bits per heavy atom. The number of unbranched alkanes of at least 4 members (excludes halogenated alkanes) is 12. The molecule has 5 N–H and O–H groups in total. The van der Waals surface area contributed by atoms with E-state index in [4.69, 9.17) is 10.2 Å². The van der Waals surface area contributed by atoms with E-state index in [0.29, 0.717) is 32.2 Å². The first-order valence-corrected chi connectivity index (χ1v) is 15.0. The number of hydrogen-bond acceptors (Lipinski definition) is 5. The fraction of sp³-hybridized carbons (Fsp3) is 0.645. The van der Waals surface area contributed by atoms with Crippen molar-refractivity contribution < 1.29 is 39.3 Å². The monoisotopic (exact) mass is 576 g/mol. The van der Waals surface area contributed by atoms with Gasteiger partial charge in [-0.25, -0.2) is 4.79 Å². The Balaban J connectivity index is 2.25. The molecule has 41 heavy (non-hydrogen) atoms. The number of rotatable bonds is 24. The summed E-state index contributed by atoms with van der Waals surface area (Å²) in [6, 6.07) is 4.16. The van der Waals surface area contributed by atoms with Gasteiger partial charge in [-0.1, -0.05) is 77.6 Å². The maximum atomic E-state index is 12.4. The minimum atomic E-state index is -1.24. The molecule has 0 aromatic heterocycles. The van der Waals surface area contributed by atoms with Crippen LogP contribution in [0, 0.1) is 5.92 Å². The topological polar surface area (TPSA) is 170 Å². The quantitative estimate of drug-likeness (QED) is 0.0869. The molecule has 0 saturated carbocycles. The average Bonchev–Trinajstić information content (AvgIpc) is 2.92. The average molecular weight is 577 g/mol. The summed E-state index contributed by atoms with van der Waals surface area (Å²) in [6.07, 6.45) is 14.9. The van der Waals surface area contributed by atoms with E-state index in [0.717, 1.165) is 57.8 Å². The maximum Gasteiger partial charge on any atom is 0.337 e. The Morgan fingerprint density at radius 2 is 1.24 bits per heavy atom. The number of carboxylic acid groups (broad SMARTS) is 3. The van der Waals surface area contributed by atoms with Gasteiger partial charge in [0.15, 0.2) is 0 Å². The number of hydrogen-bond donors (Lipinski definition) is 5. The molecule has 0 aliphatic heterocycles. The summed E-state index contributed by atoms with van der Waals surface area (Å²) in [5.41, 5.74) is 0.181. The van der Waals surface area contributed by atoms with Gasteiger partial charge in [0.05, 0.1) is 17.2 Å². The first kappa shape index (κ1) is 35.6. The molecule has 1 aromatic rings. The van der Waals surface area contributed by atoms with Crippen LogP contribution in [0.25, 0.3) is 0 Å². The van der Waals surface area contributed by atoms with E-state index in [1.165, 1.54) is 37.5 Å². The van der Waals surface area contributed by atoms with Gasteiger partial charge in [-0.2, -0.15) is 0 Å². The van der Waals surface area contributed by atoms with Crippen LogP contribution in [0.2, 0.25) is 0 Å². The fourth-order valence-electron chi connectivity index (χ4n) is 4.52. The largest absolute Gasteiger partial charge is 0.481 e. The zero-order valence-corrected chi connectivity index (χ0v) is 24.4. The predicted molar refractivity (Wildman–Crippen MR) is 157 cm³/mol. The standard InChI is InChI=1S/C31H48N2O8/c1-23(30(38)39)16-14-15-21-32-29(37)24-19-20-26(25(22-24)31(40)41)33-27(34)17-12-10-8-6-4-2-3-5-7-9-11-13-18-28(35)36/h19-20,22-23H,2-18,21H2,1H3,(H,32,37)(H,33,34)(H,35,36)(H,38,39)(H,40,41). The molecule has 0 spiro atoms. The Kier molecular flexibility index (Phi) is 18.5. The number of carboxylic acids is 3. The Morgan fingerprint density at radius 3 is 1.76 bits per heavy atom. The van der Waals surface area contributed by atoms with Gasteiger partial charge in [-0.05, 0) is 43.9 Å². The summed E-state index contributed by atoms with van der Waals surface area (Å²) in [7, 11) is 0. The van der Waals surface area contributed by atoms with Crippen molar-refractivity contribution in [3.05, 3.63) is 29.3 Å². The third kappa shape index (κ3) is 17.1. The maximum absolute atomic E-state index is 12.4. The van der Waals surface area contributed by atoms with Crippen LogP contribution in [0.5, 0.6) is 0 Å². The lowest BCUT2D eigenvalue weighted by Gasteiger charge is -2.11. The zero-order valence-electron chi connectivity index (χ0n) is 24.4. The molecular weight excluding hydrogens is 528 g/mol. The number of aromatic carboxylic acids is 1. The smallest absolute Gasteiger partial charge is 0.337 e. The second kappa shape index (κ2) is 21.3. The highest BCUT2D eigenvalue weighted by Crippen LogP contribution is 2.19. The highest BCUT2D eigenvalue weighted by Gasteiger charge is 2.16. The van der Waals surface area contributed by atoms with E-state index in [1.54, 1.807) is 6.92 Å². The van der Waals surface area contributed by atoms with Crippen molar-refractivity contribution in [3.63, 3.8) is 0 Å². The summed E-state index contributed by atoms with van der Waals surface area (Å²) < 4.78 is 0. The number of carbonyl (C=O) groups excluding carboxylic acids is 2. The Bertz CT molecular complexity index is 979. The summed E-state index contributed by atoms with van der Waals surface area (Å²) in [6.45, 7) is 1.99. The Hall–Kier alpha value is -3.43. The third-order valence-corrected chi connectivity index (χ3v) is 7.10. The summed E-state index contributed by atoms with van der Waals surface area (Å²) in [5.74, 6) is -3.93. The van der Waals surface area contributed by atoms with E-state index in [-0.39, 0.29) is 29.1 Å². The summed E-state index contributed by atoms with van der Waals surface area (Å²) in [4.78, 5) is 57.9. The molecule has 1 aromatic carbocycles. The van der Waals surface area contributed by atoms with Crippen molar-refractivity contribution >= 4 is 35.4 Å². The highest BCUT2D eigenvalue weighted by molar-refractivity contribution is 6.03. The van der Waals surface area contributed by atoms with E-state index < -0.39 is 29.7 Å². The third-order valence-electron chi connectivity index (χ3n) is 7.10. The van der Waals surface area contributed by atoms with Gasteiger partial charge in [0.25, 0.3) is 5.91 Å². The summed E-state index contributed by atoms with van der Waals surface area (Å²) in [5, 5.41) is 32.5. The molecule has 2 amide bonds. The molecule has 0 aliphatic rings. The second-order valence-electron chi connectivity index (χ2n) is 10.7. The van der Waals surface area contributed by atoms with Crippen molar-refractivity contribution in [2.45, 2.75) is 116 Å². The minimum absolute atomic E-state index is 0.151. The molecule has 0 radical (unpaired) electrons. The van der Waals surface area contributed by atoms with Crippen LogP contribution in [0.4, 0.5) is 5.69 Å². The van der Waals surface area contributed by atoms with E-state index in [1.807, 2.05) is 0 Å². The van der Waals surface area contributed by atoms with Crippen molar-refractivity contribution in [1.29, 1.82) is 0 Å². The van der Waals surface area contributed by atoms with Gasteiger partial charge < -0.3 is 26.0 Å². The predicted octanol–water partition coefficient (Wildman–Crippen LogP) is 6.49. The SMILES string of the molecule is CC(CCCCNC(=O)c1ccc(NC(=O)CCCCCCCCCCCCCCC(=O)O)c(C(=O)O)c1)C(=O)O. The van der Waals surface area contributed by atoms with Gasteiger partial charge >= 0.3 is 17.9 Å². The number of benzene rings is 1. The first-order valence-electron chi connectivity index (χ1n) is 15.0. The molecular formula is C31H48N2O8. The van der Waals surface area contributed by atoms with E-state index >= 15 is 0 Å². The van der Waals surface area contributed by atoms with Crippen LogP contribution >= 0.6 is 0 Å². The van der Waals surface area contributed by atoms with Crippen molar-refractivity contribution in [3.8, 4) is 0 Å². The molecule has 0 saturated heterocycles. The molecule has 1 atom stereocenters. The van der Waals surface area contributed by atoms with Crippen LogP contribution < -0.4 is 10.6 Å². The van der Waals surface area contributed by atoms with E-state index in [2.05, 4.69) is 10.6 Å². The molecule has 0 aliphatic carbocycles. The molecule has 1 rings (SSSR count). The molecule has 0 fully saturated rings.